The number of carbonyl (C=O) groups is 4. The van der Waals surface area contributed by atoms with E-state index >= 15 is 0 Å². The monoisotopic (exact) mass is 506 g/mol. The molecule has 0 bridgehead atoms. The van der Waals surface area contributed by atoms with Crippen molar-refractivity contribution < 1.29 is 47.6 Å². The van der Waals surface area contributed by atoms with Gasteiger partial charge in [-0.2, -0.15) is 5.26 Å². The maximum atomic E-state index is 11.9. The lowest BCUT2D eigenvalue weighted by Gasteiger charge is -2.43. The Morgan fingerprint density at radius 1 is 0.971 bits per heavy atom. The van der Waals surface area contributed by atoms with Crippen molar-refractivity contribution in [3.8, 4) is 11.8 Å². The standard InChI is InChI=1S/C22H22N2O10S/c1-10(25)29-9-16-19(30-11(2)26)20(31-12(3)27)21(32-13(4)28)22(34-16)33-14-5-6-15-17(7-14)35-18(8-23)24-15/h5-7,16,19-22H,9H2,1-4H3/t16-,19+,20+,21-,22-/m1/s1. The molecule has 186 valence electrons. The van der Waals surface area contributed by atoms with Gasteiger partial charge in [-0.25, -0.2) is 4.98 Å². The summed E-state index contributed by atoms with van der Waals surface area (Å²) in [4.78, 5) is 51.1. The Kier molecular flexibility index (Phi) is 8.21. The Morgan fingerprint density at radius 2 is 1.60 bits per heavy atom. The SMILES string of the molecule is CC(=O)OC[C@H]1O[C@@H](Oc2ccc3nc(C#N)sc3c2)[C@H](OC(C)=O)[C@@H](OC(C)=O)[C@H]1OC(C)=O. The van der Waals surface area contributed by atoms with Crippen LogP contribution in [-0.2, 0) is 42.9 Å². The van der Waals surface area contributed by atoms with E-state index in [0.717, 1.165) is 32.1 Å². The van der Waals surface area contributed by atoms with Gasteiger partial charge in [-0.1, -0.05) is 0 Å². The Morgan fingerprint density at radius 3 is 2.20 bits per heavy atom. The lowest BCUT2D eigenvalue weighted by atomic mass is 9.98. The molecule has 1 aromatic heterocycles. The Bertz CT molecular complexity index is 1170. The molecule has 0 N–H and O–H groups in total. The molecule has 12 nitrogen and oxygen atoms in total. The summed E-state index contributed by atoms with van der Waals surface area (Å²) in [6.07, 6.45) is -6.43. The van der Waals surface area contributed by atoms with Crippen LogP contribution in [0.15, 0.2) is 18.2 Å². The molecular formula is C22H22N2O10S. The van der Waals surface area contributed by atoms with Gasteiger partial charge in [0.1, 0.15) is 24.5 Å². The second-order valence-corrected chi connectivity index (χ2v) is 8.48. The predicted octanol–water partition coefficient (Wildman–Crippen LogP) is 1.63. The summed E-state index contributed by atoms with van der Waals surface area (Å²) in [6, 6.07) is 6.78. The Hall–Kier alpha value is -3.76. The molecule has 2 heterocycles. The van der Waals surface area contributed by atoms with Crippen LogP contribution in [0, 0.1) is 11.3 Å². The molecule has 2 aromatic rings. The molecule has 0 aliphatic carbocycles. The highest BCUT2D eigenvalue weighted by atomic mass is 32.1. The van der Waals surface area contributed by atoms with Gasteiger partial charge in [-0.05, 0) is 18.2 Å². The molecule has 35 heavy (non-hydrogen) atoms. The maximum Gasteiger partial charge on any atom is 0.303 e. The predicted molar refractivity (Wildman–Crippen MR) is 117 cm³/mol. The third-order valence-corrected chi connectivity index (χ3v) is 5.58. The van der Waals surface area contributed by atoms with Crippen LogP contribution < -0.4 is 4.74 Å². The van der Waals surface area contributed by atoms with Gasteiger partial charge in [-0.3, -0.25) is 19.2 Å². The molecule has 1 aliphatic rings. The van der Waals surface area contributed by atoms with E-state index in [1.54, 1.807) is 18.2 Å². The first-order chi connectivity index (χ1) is 16.6. The van der Waals surface area contributed by atoms with Crippen LogP contribution in [0.2, 0.25) is 0 Å². The molecule has 1 fully saturated rings. The van der Waals surface area contributed by atoms with Gasteiger partial charge >= 0.3 is 23.9 Å². The lowest BCUT2D eigenvalue weighted by Crippen LogP contribution is -2.63. The molecular weight excluding hydrogens is 484 g/mol. The van der Waals surface area contributed by atoms with Crippen LogP contribution in [0.1, 0.15) is 32.7 Å². The van der Waals surface area contributed by atoms with Crippen LogP contribution in [0.5, 0.6) is 5.75 Å². The number of esters is 4. The largest absolute Gasteiger partial charge is 0.463 e. The number of thiazole rings is 1. The number of nitrogens with zero attached hydrogens (tertiary/aromatic N) is 2. The third kappa shape index (κ3) is 6.65. The van der Waals surface area contributed by atoms with Crippen molar-refractivity contribution in [3.63, 3.8) is 0 Å². The summed E-state index contributed by atoms with van der Waals surface area (Å²) in [6.45, 7) is 4.23. The number of hydrogen-bond acceptors (Lipinski definition) is 13. The molecule has 13 heteroatoms. The molecule has 1 aliphatic heterocycles. The van der Waals surface area contributed by atoms with Gasteiger partial charge in [0.25, 0.3) is 0 Å². The van der Waals surface area contributed by atoms with E-state index in [1.807, 2.05) is 6.07 Å². The minimum absolute atomic E-state index is 0.268. The lowest BCUT2D eigenvalue weighted by molar-refractivity contribution is -0.288. The fourth-order valence-corrected chi connectivity index (χ4v) is 4.24. The number of hydrogen-bond donors (Lipinski definition) is 0. The number of fused-ring (bicyclic) bond motifs is 1. The molecule has 0 unspecified atom stereocenters. The zero-order valence-corrected chi connectivity index (χ0v) is 20.0. The van der Waals surface area contributed by atoms with Crippen LogP contribution in [0.25, 0.3) is 10.2 Å². The third-order valence-electron chi connectivity index (χ3n) is 4.66. The first kappa shape index (κ1) is 25.9. The van der Waals surface area contributed by atoms with Gasteiger partial charge in [0.2, 0.25) is 12.4 Å². The Labute approximate surface area is 203 Å². The fraction of sp³-hybridized carbons (Fsp3) is 0.455. The molecule has 0 saturated carbocycles. The molecule has 0 radical (unpaired) electrons. The summed E-state index contributed by atoms with van der Waals surface area (Å²) in [5, 5.41) is 9.35. The number of rotatable bonds is 7. The molecule has 5 atom stereocenters. The first-order valence-corrected chi connectivity index (χ1v) is 11.2. The van der Waals surface area contributed by atoms with E-state index < -0.39 is 54.6 Å². The molecule has 1 saturated heterocycles. The van der Waals surface area contributed by atoms with Crippen molar-refractivity contribution in [2.45, 2.75) is 58.4 Å². The van der Waals surface area contributed by atoms with Crippen molar-refractivity contribution >= 4 is 45.4 Å². The van der Waals surface area contributed by atoms with Crippen LogP contribution in [0.4, 0.5) is 0 Å². The first-order valence-electron chi connectivity index (χ1n) is 10.3. The van der Waals surface area contributed by atoms with Gasteiger partial charge in [-0.15, -0.1) is 11.3 Å². The van der Waals surface area contributed by atoms with Crippen LogP contribution in [0.3, 0.4) is 0 Å². The fourth-order valence-electron chi connectivity index (χ4n) is 3.44. The minimum Gasteiger partial charge on any atom is -0.463 e. The highest BCUT2D eigenvalue weighted by molar-refractivity contribution is 7.19. The van der Waals surface area contributed by atoms with Crippen molar-refractivity contribution in [1.29, 1.82) is 5.26 Å². The Balaban J connectivity index is 1.99. The zero-order valence-electron chi connectivity index (χ0n) is 19.2. The quantitative estimate of drug-likeness (QED) is 0.395. The number of ether oxygens (including phenoxy) is 6. The van der Waals surface area contributed by atoms with Gasteiger partial charge in [0.15, 0.2) is 17.2 Å². The highest BCUT2D eigenvalue weighted by Gasteiger charge is 2.53. The number of nitriles is 1. The summed E-state index contributed by atoms with van der Waals surface area (Å²) < 4.78 is 33.6. The van der Waals surface area contributed by atoms with E-state index in [2.05, 4.69) is 4.98 Å². The van der Waals surface area contributed by atoms with Crippen molar-refractivity contribution in [3.05, 3.63) is 23.2 Å². The number of benzene rings is 1. The van der Waals surface area contributed by atoms with Crippen molar-refractivity contribution in [2.24, 2.45) is 0 Å². The van der Waals surface area contributed by atoms with E-state index in [0.29, 0.717) is 10.2 Å². The smallest absolute Gasteiger partial charge is 0.303 e. The summed E-state index contributed by atoms with van der Waals surface area (Å²) >= 11 is 1.15. The molecule has 3 rings (SSSR count). The van der Waals surface area contributed by atoms with Crippen LogP contribution in [-0.4, -0.2) is 66.2 Å². The topological polar surface area (TPSA) is 160 Å². The van der Waals surface area contributed by atoms with Crippen molar-refractivity contribution in [2.75, 3.05) is 6.61 Å². The van der Waals surface area contributed by atoms with E-state index in [1.165, 1.54) is 6.92 Å². The second kappa shape index (κ2) is 11.1. The summed E-state index contributed by atoms with van der Waals surface area (Å²) in [5.74, 6) is -2.56. The molecule has 0 spiro atoms. The average Bonchev–Trinajstić information content (AvgIpc) is 3.18. The van der Waals surface area contributed by atoms with Gasteiger partial charge < -0.3 is 28.4 Å². The zero-order chi connectivity index (χ0) is 25.7. The summed E-state index contributed by atoms with van der Waals surface area (Å²) in [7, 11) is 0. The maximum absolute atomic E-state index is 11.9. The number of carbonyl (C=O) groups excluding carboxylic acids is 4. The van der Waals surface area contributed by atoms with E-state index in [-0.39, 0.29) is 17.4 Å². The highest BCUT2D eigenvalue weighted by Crippen LogP contribution is 2.32. The minimum atomic E-state index is -1.35. The van der Waals surface area contributed by atoms with Gasteiger partial charge in [0, 0.05) is 27.7 Å². The average molecular weight is 506 g/mol. The summed E-state index contributed by atoms with van der Waals surface area (Å²) in [5.41, 5.74) is 0.584. The van der Waals surface area contributed by atoms with E-state index in [9.17, 15) is 19.2 Å². The molecule has 1 aromatic carbocycles. The van der Waals surface area contributed by atoms with Crippen molar-refractivity contribution in [1.82, 2.24) is 4.98 Å². The number of aromatic nitrogens is 1. The second-order valence-electron chi connectivity index (χ2n) is 7.45. The van der Waals surface area contributed by atoms with E-state index in [4.69, 9.17) is 33.7 Å². The molecule has 0 amide bonds. The van der Waals surface area contributed by atoms with Crippen LogP contribution >= 0.6 is 11.3 Å². The normalized spacial score (nSPS) is 23.6. The van der Waals surface area contributed by atoms with Gasteiger partial charge in [0.05, 0.1) is 10.2 Å².